The van der Waals surface area contributed by atoms with Crippen molar-refractivity contribution in [3.8, 4) is 0 Å². The number of thiophene rings is 1. The van der Waals surface area contributed by atoms with Crippen molar-refractivity contribution in [2.24, 2.45) is 11.8 Å². The van der Waals surface area contributed by atoms with Crippen molar-refractivity contribution in [1.82, 2.24) is 9.21 Å². The number of piperidine rings is 1. The van der Waals surface area contributed by atoms with Crippen LogP contribution in [0, 0.1) is 11.8 Å². The highest BCUT2D eigenvalue weighted by atomic mass is 32.2. The lowest BCUT2D eigenvalue weighted by molar-refractivity contribution is -0.147. The molecule has 2 fully saturated rings. The van der Waals surface area contributed by atoms with Gasteiger partial charge in [0.05, 0.1) is 5.92 Å². The number of rotatable bonds is 4. The molecule has 1 aromatic heterocycles. The predicted octanol–water partition coefficient (Wildman–Crippen LogP) is 1.47. The molecule has 9 heteroatoms. The van der Waals surface area contributed by atoms with Crippen LogP contribution < -0.4 is 0 Å². The van der Waals surface area contributed by atoms with E-state index in [9.17, 15) is 23.1 Å². The lowest BCUT2D eigenvalue weighted by atomic mass is 9.90. The van der Waals surface area contributed by atoms with Gasteiger partial charge < -0.3 is 10.0 Å². The number of aliphatic carboxylic acids is 1. The van der Waals surface area contributed by atoms with E-state index in [-0.39, 0.29) is 22.6 Å². The number of carboxylic acids is 1. The van der Waals surface area contributed by atoms with Crippen LogP contribution in [0.4, 0.5) is 0 Å². The second-order valence-corrected chi connectivity index (χ2v) is 9.89. The highest BCUT2D eigenvalue weighted by Gasteiger charge is 2.43. The average molecular weight is 386 g/mol. The second-order valence-electron chi connectivity index (χ2n) is 6.83. The van der Waals surface area contributed by atoms with Crippen molar-refractivity contribution in [3.05, 3.63) is 17.5 Å². The molecular formula is C16H22N2O5S2. The van der Waals surface area contributed by atoms with E-state index >= 15 is 0 Å². The van der Waals surface area contributed by atoms with Crippen LogP contribution >= 0.6 is 11.3 Å². The van der Waals surface area contributed by atoms with Gasteiger partial charge in [-0.25, -0.2) is 8.42 Å². The Morgan fingerprint density at radius 3 is 2.72 bits per heavy atom. The summed E-state index contributed by atoms with van der Waals surface area (Å²) in [6, 6.07) is 2.49. The zero-order valence-corrected chi connectivity index (χ0v) is 15.6. The van der Waals surface area contributed by atoms with E-state index in [0.717, 1.165) is 11.3 Å². The van der Waals surface area contributed by atoms with Crippen LogP contribution in [-0.4, -0.2) is 60.3 Å². The number of carbonyl (C=O) groups is 2. The predicted molar refractivity (Wildman–Crippen MR) is 92.7 cm³/mol. The van der Waals surface area contributed by atoms with E-state index in [1.807, 2.05) is 6.92 Å². The van der Waals surface area contributed by atoms with Crippen molar-refractivity contribution in [3.63, 3.8) is 0 Å². The molecule has 7 nitrogen and oxygen atoms in total. The summed E-state index contributed by atoms with van der Waals surface area (Å²) < 4.78 is 27.1. The number of carbonyl (C=O) groups excluding carboxylic acids is 1. The van der Waals surface area contributed by atoms with E-state index in [4.69, 9.17) is 0 Å². The highest BCUT2D eigenvalue weighted by Crippen LogP contribution is 2.31. The molecule has 2 saturated heterocycles. The Morgan fingerprint density at radius 2 is 2.08 bits per heavy atom. The van der Waals surface area contributed by atoms with Gasteiger partial charge in [-0.15, -0.1) is 11.3 Å². The van der Waals surface area contributed by atoms with Crippen LogP contribution in [0.1, 0.15) is 26.2 Å². The molecule has 3 atom stereocenters. The minimum atomic E-state index is -3.68. The minimum Gasteiger partial charge on any atom is -0.481 e. The molecule has 3 rings (SSSR count). The molecule has 0 aliphatic carbocycles. The monoisotopic (exact) mass is 386 g/mol. The second kappa shape index (κ2) is 7.05. The summed E-state index contributed by atoms with van der Waals surface area (Å²) in [4.78, 5) is 25.8. The molecule has 3 heterocycles. The van der Waals surface area contributed by atoms with Gasteiger partial charge in [-0.05, 0) is 36.6 Å². The van der Waals surface area contributed by atoms with Crippen molar-refractivity contribution < 1.29 is 23.1 Å². The van der Waals surface area contributed by atoms with Gasteiger partial charge in [-0.1, -0.05) is 13.0 Å². The fourth-order valence-electron chi connectivity index (χ4n) is 3.72. The number of sulfonamides is 1. The maximum Gasteiger partial charge on any atom is 0.308 e. The first-order chi connectivity index (χ1) is 11.8. The molecule has 138 valence electrons. The molecule has 1 amide bonds. The number of nitrogens with zero attached hydrogens (tertiary/aromatic N) is 2. The summed E-state index contributed by atoms with van der Waals surface area (Å²) in [7, 11) is -3.68. The van der Waals surface area contributed by atoms with Gasteiger partial charge in [-0.2, -0.15) is 4.31 Å². The van der Waals surface area contributed by atoms with Gasteiger partial charge in [0, 0.05) is 19.6 Å². The van der Waals surface area contributed by atoms with Gasteiger partial charge in [0.1, 0.15) is 10.3 Å². The zero-order valence-electron chi connectivity index (χ0n) is 14.0. The van der Waals surface area contributed by atoms with Gasteiger partial charge in [0.2, 0.25) is 5.91 Å². The van der Waals surface area contributed by atoms with Crippen LogP contribution in [0.15, 0.2) is 21.7 Å². The Kier molecular flexibility index (Phi) is 5.17. The van der Waals surface area contributed by atoms with Gasteiger partial charge in [0.25, 0.3) is 10.0 Å². The third-order valence-electron chi connectivity index (χ3n) is 4.87. The molecule has 0 saturated carbocycles. The Morgan fingerprint density at radius 1 is 1.32 bits per heavy atom. The quantitative estimate of drug-likeness (QED) is 0.845. The summed E-state index contributed by atoms with van der Waals surface area (Å²) in [5.41, 5.74) is 0. The van der Waals surface area contributed by atoms with E-state index in [1.165, 1.54) is 4.31 Å². The third-order valence-corrected chi connectivity index (χ3v) is 8.15. The van der Waals surface area contributed by atoms with Crippen LogP contribution in [-0.2, 0) is 19.6 Å². The Balaban J connectivity index is 1.80. The number of amides is 1. The fraction of sp³-hybridized carbons (Fsp3) is 0.625. The summed E-state index contributed by atoms with van der Waals surface area (Å²) in [5.74, 6) is -1.67. The van der Waals surface area contributed by atoms with Crippen LogP contribution in [0.3, 0.4) is 0 Å². The Labute approximate surface area is 151 Å². The van der Waals surface area contributed by atoms with E-state index in [1.54, 1.807) is 22.4 Å². The molecule has 0 bridgehead atoms. The zero-order chi connectivity index (χ0) is 18.2. The number of carboxylic acid groups (broad SMARTS) is 1. The third kappa shape index (κ3) is 3.58. The topological polar surface area (TPSA) is 95.0 Å². The molecule has 3 unspecified atom stereocenters. The van der Waals surface area contributed by atoms with Crippen molar-refractivity contribution in [1.29, 1.82) is 0 Å². The fourth-order valence-corrected chi connectivity index (χ4v) is 6.49. The van der Waals surface area contributed by atoms with E-state index in [0.29, 0.717) is 32.4 Å². The number of likely N-dealkylation sites (tertiary alicyclic amines) is 1. The van der Waals surface area contributed by atoms with E-state index < -0.39 is 28.0 Å². The molecular weight excluding hydrogens is 364 g/mol. The largest absolute Gasteiger partial charge is 0.481 e. The lowest BCUT2D eigenvalue weighted by Gasteiger charge is -2.37. The molecule has 2 aliphatic rings. The normalized spacial score (nSPS) is 28.2. The minimum absolute atomic E-state index is 0.0857. The summed E-state index contributed by atoms with van der Waals surface area (Å²) in [5, 5.41) is 11.0. The van der Waals surface area contributed by atoms with Gasteiger partial charge >= 0.3 is 5.97 Å². The summed E-state index contributed by atoms with van der Waals surface area (Å²) >= 11 is 1.14. The molecule has 2 aliphatic heterocycles. The Hall–Kier alpha value is -1.45. The molecule has 25 heavy (non-hydrogen) atoms. The lowest BCUT2D eigenvalue weighted by Crippen LogP contribution is -2.52. The molecule has 0 aromatic carbocycles. The van der Waals surface area contributed by atoms with Crippen LogP contribution in [0.25, 0.3) is 0 Å². The Bertz CT molecular complexity index is 747. The van der Waals surface area contributed by atoms with Crippen molar-refractivity contribution in [2.45, 2.75) is 36.4 Å². The first-order valence-electron chi connectivity index (χ1n) is 8.37. The highest BCUT2D eigenvalue weighted by molar-refractivity contribution is 7.91. The smallest absolute Gasteiger partial charge is 0.308 e. The van der Waals surface area contributed by atoms with Crippen molar-refractivity contribution >= 4 is 33.2 Å². The van der Waals surface area contributed by atoms with Crippen molar-refractivity contribution in [2.75, 3.05) is 19.6 Å². The first-order valence-corrected chi connectivity index (χ1v) is 10.7. The average Bonchev–Trinajstić information content (AvgIpc) is 3.25. The number of hydrogen-bond donors (Lipinski definition) is 1. The van der Waals surface area contributed by atoms with Gasteiger partial charge in [-0.3, -0.25) is 9.59 Å². The molecule has 0 spiro atoms. The molecule has 0 radical (unpaired) electrons. The SMILES string of the molecule is CC1CC(C(=O)O)CN(C(=O)C2CCCN2S(=O)(=O)c2cccs2)C1. The molecule has 1 aromatic rings. The first kappa shape index (κ1) is 18.3. The maximum absolute atomic E-state index is 13.0. The summed E-state index contributed by atoms with van der Waals surface area (Å²) in [6.07, 6.45) is 1.65. The maximum atomic E-state index is 13.0. The van der Waals surface area contributed by atoms with Gasteiger partial charge in [0.15, 0.2) is 0 Å². The number of hydrogen-bond acceptors (Lipinski definition) is 5. The van der Waals surface area contributed by atoms with E-state index in [2.05, 4.69) is 0 Å². The van der Waals surface area contributed by atoms with Crippen LogP contribution in [0.5, 0.6) is 0 Å². The molecule has 1 N–H and O–H groups in total. The van der Waals surface area contributed by atoms with Crippen LogP contribution in [0.2, 0.25) is 0 Å². The summed E-state index contributed by atoms with van der Waals surface area (Å²) in [6.45, 7) is 2.88. The standard InChI is InChI=1S/C16H22N2O5S2/c1-11-8-12(16(20)21)10-17(9-11)15(19)13-4-2-6-18(13)25(22,23)14-5-3-7-24-14/h3,5,7,11-13H,2,4,6,8-10H2,1H3,(H,20,21).